The second kappa shape index (κ2) is 4.34. The number of amides is 1. The third kappa shape index (κ3) is 2.48. The van der Waals surface area contributed by atoms with Crippen LogP contribution < -0.4 is 11.1 Å². The Morgan fingerprint density at radius 1 is 1.59 bits per heavy atom. The Kier molecular flexibility index (Phi) is 2.88. The van der Waals surface area contributed by atoms with Crippen LogP contribution in [0, 0.1) is 6.92 Å². The number of aryl methyl sites for hydroxylation is 2. The van der Waals surface area contributed by atoms with E-state index in [0.29, 0.717) is 11.5 Å². The fourth-order valence-electron chi connectivity index (χ4n) is 1.28. The summed E-state index contributed by atoms with van der Waals surface area (Å²) in [5.41, 5.74) is 6.36. The van der Waals surface area contributed by atoms with Gasteiger partial charge in [0.25, 0.3) is 0 Å². The second-order valence-corrected chi connectivity index (χ2v) is 3.54. The van der Waals surface area contributed by atoms with Gasteiger partial charge >= 0.3 is 6.01 Å². The molecule has 0 spiro atoms. The van der Waals surface area contributed by atoms with Crippen molar-refractivity contribution < 1.29 is 9.21 Å². The van der Waals surface area contributed by atoms with Gasteiger partial charge in [0, 0.05) is 25.7 Å². The quantitative estimate of drug-likeness (QED) is 0.760. The molecule has 2 heterocycles. The maximum absolute atomic E-state index is 11.7. The van der Waals surface area contributed by atoms with Crippen LogP contribution in [0.25, 0.3) is 0 Å². The van der Waals surface area contributed by atoms with Gasteiger partial charge in [-0.1, -0.05) is 5.10 Å². The average Bonchev–Trinajstić information content (AvgIpc) is 2.87. The first-order valence-electron chi connectivity index (χ1n) is 4.91. The molecule has 0 bridgehead atoms. The van der Waals surface area contributed by atoms with E-state index >= 15 is 0 Å². The molecule has 0 fully saturated rings. The topological polar surface area (TPSA) is 112 Å². The third-order valence-electron chi connectivity index (χ3n) is 2.12. The highest BCUT2D eigenvalue weighted by atomic mass is 16.4. The number of aromatic nitrogens is 4. The smallest absolute Gasteiger partial charge is 0.322 e. The number of carbonyl (C=O) groups excluding carboxylic acids is 1. The highest BCUT2D eigenvalue weighted by Gasteiger charge is 2.19. The fourth-order valence-corrected chi connectivity index (χ4v) is 1.28. The minimum Gasteiger partial charge on any atom is -0.408 e. The first-order valence-corrected chi connectivity index (χ1v) is 4.91. The molecule has 0 saturated carbocycles. The Labute approximate surface area is 96.8 Å². The van der Waals surface area contributed by atoms with Gasteiger partial charge in [0.1, 0.15) is 6.04 Å². The molecule has 1 amide bonds. The van der Waals surface area contributed by atoms with E-state index in [1.165, 1.54) is 6.20 Å². The molecule has 3 N–H and O–H groups in total. The summed E-state index contributed by atoms with van der Waals surface area (Å²) in [4.78, 5) is 11.7. The Morgan fingerprint density at radius 3 is 2.88 bits per heavy atom. The van der Waals surface area contributed by atoms with Crippen LogP contribution in [0.2, 0.25) is 0 Å². The molecule has 8 nitrogen and oxygen atoms in total. The van der Waals surface area contributed by atoms with Crippen LogP contribution in [0.4, 0.5) is 6.01 Å². The Morgan fingerprint density at radius 2 is 2.35 bits per heavy atom. The Hall–Kier alpha value is -2.22. The van der Waals surface area contributed by atoms with Crippen molar-refractivity contribution in [2.75, 3.05) is 5.32 Å². The third-order valence-corrected chi connectivity index (χ3v) is 2.12. The zero-order chi connectivity index (χ0) is 12.4. The lowest BCUT2D eigenvalue weighted by atomic mass is 10.1. The molecule has 17 heavy (non-hydrogen) atoms. The Bertz CT molecular complexity index is 531. The average molecular weight is 236 g/mol. The predicted molar refractivity (Wildman–Crippen MR) is 57.8 cm³/mol. The van der Waals surface area contributed by atoms with E-state index in [2.05, 4.69) is 20.6 Å². The summed E-state index contributed by atoms with van der Waals surface area (Å²) < 4.78 is 6.58. The lowest BCUT2D eigenvalue weighted by Gasteiger charge is -2.07. The Balaban J connectivity index is 2.05. The summed E-state index contributed by atoms with van der Waals surface area (Å²) in [6.45, 7) is 1.63. The van der Waals surface area contributed by atoms with E-state index in [4.69, 9.17) is 10.2 Å². The highest BCUT2D eigenvalue weighted by molar-refractivity contribution is 5.93. The van der Waals surface area contributed by atoms with Crippen molar-refractivity contribution >= 4 is 11.9 Å². The van der Waals surface area contributed by atoms with Crippen LogP contribution >= 0.6 is 0 Å². The number of hydrogen-bond donors (Lipinski definition) is 2. The highest BCUT2D eigenvalue weighted by Crippen LogP contribution is 2.12. The van der Waals surface area contributed by atoms with Gasteiger partial charge in [0.2, 0.25) is 11.8 Å². The van der Waals surface area contributed by atoms with Gasteiger partial charge in [-0.15, -0.1) is 5.10 Å². The molecule has 2 aromatic heterocycles. The number of rotatable bonds is 3. The molecule has 0 aliphatic carbocycles. The van der Waals surface area contributed by atoms with Gasteiger partial charge < -0.3 is 10.2 Å². The molecule has 0 aliphatic heterocycles. The molecular formula is C9H12N6O2. The summed E-state index contributed by atoms with van der Waals surface area (Å²) in [5.74, 6) is -0.0584. The van der Waals surface area contributed by atoms with Crippen molar-refractivity contribution in [3.8, 4) is 0 Å². The first kappa shape index (κ1) is 11.3. The molecule has 2 aromatic rings. The van der Waals surface area contributed by atoms with Crippen LogP contribution in [0.1, 0.15) is 17.5 Å². The van der Waals surface area contributed by atoms with E-state index in [1.54, 1.807) is 24.9 Å². The molecule has 2 rings (SSSR count). The molecule has 90 valence electrons. The molecule has 0 saturated heterocycles. The van der Waals surface area contributed by atoms with E-state index in [0.717, 1.165) is 0 Å². The van der Waals surface area contributed by atoms with Crippen molar-refractivity contribution in [2.24, 2.45) is 12.8 Å². The van der Waals surface area contributed by atoms with Crippen molar-refractivity contribution in [2.45, 2.75) is 13.0 Å². The van der Waals surface area contributed by atoms with E-state index in [9.17, 15) is 4.79 Å². The molecule has 0 radical (unpaired) electrons. The number of hydrogen-bond acceptors (Lipinski definition) is 6. The van der Waals surface area contributed by atoms with Crippen LogP contribution in [-0.4, -0.2) is 25.9 Å². The van der Waals surface area contributed by atoms with E-state index < -0.39 is 11.9 Å². The van der Waals surface area contributed by atoms with Crippen molar-refractivity contribution in [3.05, 3.63) is 23.8 Å². The minimum atomic E-state index is -0.823. The van der Waals surface area contributed by atoms with Crippen LogP contribution in [-0.2, 0) is 11.8 Å². The molecule has 0 aromatic carbocycles. The van der Waals surface area contributed by atoms with Gasteiger partial charge in [0.15, 0.2) is 0 Å². The van der Waals surface area contributed by atoms with Gasteiger partial charge in [-0.25, -0.2) is 0 Å². The lowest BCUT2D eigenvalue weighted by Crippen LogP contribution is -2.27. The SMILES string of the molecule is Cc1nnc(NC(=O)C(N)c2cnn(C)c2)o1. The standard InChI is InChI=1S/C9H12N6O2/c1-5-13-14-9(17-5)12-8(16)7(10)6-3-11-15(2)4-6/h3-4,7H,10H2,1-2H3,(H,12,14,16). The summed E-state index contributed by atoms with van der Waals surface area (Å²) in [5, 5.41) is 13.6. The minimum absolute atomic E-state index is 0.0341. The van der Waals surface area contributed by atoms with Gasteiger partial charge in [-0.2, -0.15) is 5.10 Å². The number of nitrogens with two attached hydrogens (primary N) is 1. The monoisotopic (exact) mass is 236 g/mol. The summed E-state index contributed by atoms with van der Waals surface area (Å²) in [7, 11) is 1.75. The van der Waals surface area contributed by atoms with Crippen LogP contribution in [0.5, 0.6) is 0 Å². The zero-order valence-corrected chi connectivity index (χ0v) is 9.41. The largest absolute Gasteiger partial charge is 0.408 e. The summed E-state index contributed by atoms with van der Waals surface area (Å²) >= 11 is 0. The van der Waals surface area contributed by atoms with E-state index in [-0.39, 0.29) is 6.01 Å². The number of carbonyl (C=O) groups is 1. The normalized spacial score (nSPS) is 12.4. The van der Waals surface area contributed by atoms with Crippen molar-refractivity contribution in [1.82, 2.24) is 20.0 Å². The van der Waals surface area contributed by atoms with Gasteiger partial charge in [-0.3, -0.25) is 14.8 Å². The fraction of sp³-hybridized carbons (Fsp3) is 0.333. The van der Waals surface area contributed by atoms with Crippen LogP contribution in [0.15, 0.2) is 16.8 Å². The first-order chi connectivity index (χ1) is 8.06. The molecule has 1 unspecified atom stereocenters. The molecule has 0 aliphatic rings. The summed E-state index contributed by atoms with van der Waals surface area (Å²) in [6.07, 6.45) is 3.20. The molecular weight excluding hydrogens is 224 g/mol. The second-order valence-electron chi connectivity index (χ2n) is 3.54. The maximum Gasteiger partial charge on any atom is 0.322 e. The maximum atomic E-state index is 11.7. The van der Waals surface area contributed by atoms with Crippen molar-refractivity contribution in [1.29, 1.82) is 0 Å². The number of nitrogens with zero attached hydrogens (tertiary/aromatic N) is 4. The number of nitrogens with one attached hydrogen (secondary N) is 1. The molecule has 1 atom stereocenters. The zero-order valence-electron chi connectivity index (χ0n) is 9.41. The predicted octanol–water partition coefficient (Wildman–Crippen LogP) is -0.250. The van der Waals surface area contributed by atoms with E-state index in [1.807, 2.05) is 0 Å². The van der Waals surface area contributed by atoms with Gasteiger partial charge in [0.05, 0.1) is 6.20 Å². The lowest BCUT2D eigenvalue weighted by molar-refractivity contribution is -0.117. The molecule has 8 heteroatoms. The van der Waals surface area contributed by atoms with Crippen molar-refractivity contribution in [3.63, 3.8) is 0 Å². The van der Waals surface area contributed by atoms with Crippen LogP contribution in [0.3, 0.4) is 0 Å². The van der Waals surface area contributed by atoms with Gasteiger partial charge in [-0.05, 0) is 0 Å². The number of anilines is 1. The summed E-state index contributed by atoms with van der Waals surface area (Å²) in [6, 6.07) is -0.789.